The Kier molecular flexibility index (Phi) is 8.00. The summed E-state index contributed by atoms with van der Waals surface area (Å²) < 4.78 is 27.8. The van der Waals surface area contributed by atoms with Crippen LogP contribution in [-0.2, 0) is 23.7 Å². The van der Waals surface area contributed by atoms with E-state index in [4.69, 9.17) is 30.3 Å². The number of hydrogen-bond acceptors (Lipinski definition) is 5. The van der Waals surface area contributed by atoms with Crippen LogP contribution < -0.4 is 0 Å². The largest absolute Gasteiger partial charge is 0.378 e. The summed E-state index contributed by atoms with van der Waals surface area (Å²) in [6, 6.07) is 0. The van der Waals surface area contributed by atoms with Crippen molar-refractivity contribution in [1.29, 1.82) is 0 Å². The quantitative estimate of drug-likeness (QED) is 0.330. The molecule has 0 saturated carbocycles. The van der Waals surface area contributed by atoms with E-state index in [2.05, 4.69) is 4.85 Å². The highest BCUT2D eigenvalue weighted by Gasteiger charge is 2.24. The van der Waals surface area contributed by atoms with Crippen LogP contribution in [0.4, 0.5) is 0 Å². The number of ether oxygens (including phenoxy) is 5. The van der Waals surface area contributed by atoms with Crippen molar-refractivity contribution in [2.45, 2.75) is 44.2 Å². The SMILES string of the molecule is [C-]#[N+]CCCOCC(COCC1CO1)OC1CCCCO1. The Balaban J connectivity index is 1.62. The van der Waals surface area contributed by atoms with Gasteiger partial charge in [-0.3, -0.25) is 0 Å². The smallest absolute Gasteiger partial charge is 0.216 e. The second kappa shape index (κ2) is 10.1. The molecule has 21 heavy (non-hydrogen) atoms. The molecule has 2 heterocycles. The molecule has 6 nitrogen and oxygen atoms in total. The van der Waals surface area contributed by atoms with Crippen molar-refractivity contribution in [3.63, 3.8) is 0 Å². The van der Waals surface area contributed by atoms with E-state index in [0.29, 0.717) is 33.0 Å². The van der Waals surface area contributed by atoms with Crippen molar-refractivity contribution < 1.29 is 23.7 Å². The van der Waals surface area contributed by atoms with Crippen molar-refractivity contribution in [3.05, 3.63) is 11.4 Å². The zero-order valence-corrected chi connectivity index (χ0v) is 12.5. The first-order valence-corrected chi connectivity index (χ1v) is 7.76. The second-order valence-corrected chi connectivity index (χ2v) is 5.36. The van der Waals surface area contributed by atoms with E-state index >= 15 is 0 Å². The lowest BCUT2D eigenvalue weighted by atomic mass is 10.2. The summed E-state index contributed by atoms with van der Waals surface area (Å²) in [6.45, 7) is 11.0. The monoisotopic (exact) mass is 299 g/mol. The van der Waals surface area contributed by atoms with Crippen LogP contribution in [0.2, 0.25) is 0 Å². The molecule has 2 saturated heterocycles. The molecule has 6 heteroatoms. The van der Waals surface area contributed by atoms with Gasteiger partial charge in [-0.15, -0.1) is 0 Å². The van der Waals surface area contributed by atoms with Crippen molar-refractivity contribution in [2.24, 2.45) is 0 Å². The summed E-state index contributed by atoms with van der Waals surface area (Å²) in [5, 5.41) is 0. The highest BCUT2D eigenvalue weighted by molar-refractivity contribution is 4.68. The fraction of sp³-hybridized carbons (Fsp3) is 0.933. The molecular weight excluding hydrogens is 274 g/mol. The zero-order chi connectivity index (χ0) is 14.8. The highest BCUT2D eigenvalue weighted by Crippen LogP contribution is 2.16. The average Bonchev–Trinajstić information content (AvgIpc) is 3.32. The van der Waals surface area contributed by atoms with Crippen LogP contribution in [0.5, 0.6) is 0 Å². The molecule has 0 amide bonds. The number of nitrogens with zero attached hydrogens (tertiary/aromatic N) is 1. The van der Waals surface area contributed by atoms with Crippen LogP contribution in [0.3, 0.4) is 0 Å². The van der Waals surface area contributed by atoms with Gasteiger partial charge in [-0.2, -0.15) is 0 Å². The van der Waals surface area contributed by atoms with Gasteiger partial charge in [-0.1, -0.05) is 0 Å². The lowest BCUT2D eigenvalue weighted by Crippen LogP contribution is -2.34. The minimum Gasteiger partial charge on any atom is -0.378 e. The molecule has 0 aromatic rings. The van der Waals surface area contributed by atoms with Crippen molar-refractivity contribution >= 4 is 0 Å². The maximum Gasteiger partial charge on any atom is 0.216 e. The van der Waals surface area contributed by atoms with E-state index in [-0.39, 0.29) is 18.5 Å². The van der Waals surface area contributed by atoms with Gasteiger partial charge < -0.3 is 28.5 Å². The molecule has 120 valence electrons. The fourth-order valence-electron chi connectivity index (χ4n) is 2.12. The number of rotatable bonds is 11. The first-order valence-electron chi connectivity index (χ1n) is 7.76. The zero-order valence-electron chi connectivity index (χ0n) is 12.5. The summed E-state index contributed by atoms with van der Waals surface area (Å²) in [7, 11) is 0. The van der Waals surface area contributed by atoms with E-state index < -0.39 is 0 Å². The van der Waals surface area contributed by atoms with Crippen molar-refractivity contribution in [1.82, 2.24) is 0 Å². The molecular formula is C15H25NO5. The summed E-state index contributed by atoms with van der Waals surface area (Å²) in [5.41, 5.74) is 0. The summed E-state index contributed by atoms with van der Waals surface area (Å²) in [6.07, 6.45) is 3.92. The Hall–Kier alpha value is -0.710. The van der Waals surface area contributed by atoms with Crippen LogP contribution in [-0.4, -0.2) is 64.7 Å². The molecule has 0 radical (unpaired) electrons. The van der Waals surface area contributed by atoms with E-state index in [0.717, 1.165) is 38.9 Å². The third-order valence-electron chi connectivity index (χ3n) is 3.35. The van der Waals surface area contributed by atoms with Gasteiger partial charge in [0, 0.05) is 13.0 Å². The molecule has 3 atom stereocenters. The Bertz CT molecular complexity index is 310. The van der Waals surface area contributed by atoms with E-state index in [9.17, 15) is 0 Å². The maximum absolute atomic E-state index is 6.73. The molecule has 2 fully saturated rings. The Morgan fingerprint density at radius 1 is 1.19 bits per heavy atom. The number of hydrogen-bond donors (Lipinski definition) is 0. The van der Waals surface area contributed by atoms with Gasteiger partial charge in [-0.05, 0) is 19.3 Å². The topological polar surface area (TPSA) is 53.8 Å². The molecule has 0 spiro atoms. The first kappa shape index (κ1) is 16.7. The molecule has 2 aliphatic heterocycles. The molecule has 3 unspecified atom stereocenters. The summed E-state index contributed by atoms with van der Waals surface area (Å²) in [5.74, 6) is 0. The molecule has 2 aliphatic rings. The van der Waals surface area contributed by atoms with Gasteiger partial charge in [0.25, 0.3) is 0 Å². The van der Waals surface area contributed by atoms with Crippen LogP contribution >= 0.6 is 0 Å². The molecule has 0 aromatic carbocycles. The van der Waals surface area contributed by atoms with Gasteiger partial charge in [0.05, 0.1) is 33.0 Å². The van der Waals surface area contributed by atoms with Crippen LogP contribution in [0, 0.1) is 6.57 Å². The molecule has 0 aliphatic carbocycles. The number of epoxide rings is 1. The lowest BCUT2D eigenvalue weighted by Gasteiger charge is -2.27. The van der Waals surface area contributed by atoms with Crippen LogP contribution in [0.1, 0.15) is 25.7 Å². The summed E-state index contributed by atoms with van der Waals surface area (Å²) >= 11 is 0. The van der Waals surface area contributed by atoms with E-state index in [1.54, 1.807) is 0 Å². The minimum atomic E-state index is -0.142. The van der Waals surface area contributed by atoms with Gasteiger partial charge in [-0.25, -0.2) is 6.57 Å². The third-order valence-corrected chi connectivity index (χ3v) is 3.35. The Labute approximate surface area is 126 Å². The average molecular weight is 299 g/mol. The van der Waals surface area contributed by atoms with Gasteiger partial charge in [0.15, 0.2) is 6.29 Å². The van der Waals surface area contributed by atoms with Crippen LogP contribution in [0.25, 0.3) is 4.85 Å². The Morgan fingerprint density at radius 2 is 2.05 bits per heavy atom. The van der Waals surface area contributed by atoms with Gasteiger partial charge in [0.1, 0.15) is 12.2 Å². The van der Waals surface area contributed by atoms with Gasteiger partial charge in [0.2, 0.25) is 6.54 Å². The second-order valence-electron chi connectivity index (χ2n) is 5.36. The van der Waals surface area contributed by atoms with Gasteiger partial charge >= 0.3 is 0 Å². The maximum atomic E-state index is 6.73. The van der Waals surface area contributed by atoms with E-state index in [1.165, 1.54) is 0 Å². The van der Waals surface area contributed by atoms with Crippen molar-refractivity contribution in [3.8, 4) is 0 Å². The normalized spacial score (nSPS) is 26.2. The van der Waals surface area contributed by atoms with E-state index in [1.807, 2.05) is 0 Å². The highest BCUT2D eigenvalue weighted by atomic mass is 16.7. The lowest BCUT2D eigenvalue weighted by molar-refractivity contribution is -0.208. The minimum absolute atomic E-state index is 0.125. The third kappa shape index (κ3) is 7.74. The fourth-order valence-corrected chi connectivity index (χ4v) is 2.12. The standard InChI is InChI=1S/C15H25NO5/c1-16-6-4-7-17-10-14(11-18-9-13-12-20-13)21-15-5-2-3-8-19-15/h13-15H,2-12H2. The predicted molar refractivity (Wildman–Crippen MR) is 75.9 cm³/mol. The molecule has 0 N–H and O–H groups in total. The molecule has 0 aromatic heterocycles. The molecule has 2 rings (SSSR count). The predicted octanol–water partition coefficient (Wildman–Crippen LogP) is 1.64. The Morgan fingerprint density at radius 3 is 2.76 bits per heavy atom. The molecule has 0 bridgehead atoms. The summed E-state index contributed by atoms with van der Waals surface area (Å²) in [4.78, 5) is 3.30. The van der Waals surface area contributed by atoms with Crippen LogP contribution in [0.15, 0.2) is 0 Å². The van der Waals surface area contributed by atoms with Crippen molar-refractivity contribution in [2.75, 3.05) is 46.2 Å². The first-order chi connectivity index (χ1) is 10.4.